The maximum atomic E-state index is 11.9. The fourth-order valence-corrected chi connectivity index (χ4v) is 2.94. The van der Waals surface area contributed by atoms with Crippen molar-refractivity contribution in [3.8, 4) is 0 Å². The zero-order chi connectivity index (χ0) is 16.5. The second-order valence-corrected chi connectivity index (χ2v) is 6.32. The molecule has 7 nitrogen and oxygen atoms in total. The fourth-order valence-electron chi connectivity index (χ4n) is 1.10. The number of thioether (sulfide) groups is 1. The van der Waals surface area contributed by atoms with Crippen molar-refractivity contribution in [2.24, 2.45) is 4.99 Å². The predicted molar refractivity (Wildman–Crippen MR) is 87.2 cm³/mol. The van der Waals surface area contributed by atoms with Crippen molar-refractivity contribution in [3.05, 3.63) is 29.6 Å². The summed E-state index contributed by atoms with van der Waals surface area (Å²) in [5, 5.41) is 4.14. The highest BCUT2D eigenvalue weighted by Gasteiger charge is 2.15. The van der Waals surface area contributed by atoms with E-state index in [2.05, 4.69) is 16.7 Å². The minimum absolute atomic E-state index is 0.0610. The van der Waals surface area contributed by atoms with Crippen LogP contribution in [0.2, 0.25) is 0 Å². The average molecular weight is 342 g/mol. The smallest absolute Gasteiger partial charge is 0.437 e. The van der Waals surface area contributed by atoms with Crippen LogP contribution in [0.5, 0.6) is 0 Å². The van der Waals surface area contributed by atoms with Gasteiger partial charge in [-0.25, -0.2) is 9.59 Å². The summed E-state index contributed by atoms with van der Waals surface area (Å²) in [6, 6.07) is -0.473. The maximum Gasteiger partial charge on any atom is 0.437 e. The van der Waals surface area contributed by atoms with E-state index in [-0.39, 0.29) is 11.4 Å². The first-order chi connectivity index (χ1) is 10.5. The lowest BCUT2D eigenvalue weighted by atomic mass is 10.6. The first-order valence-electron chi connectivity index (χ1n) is 6.37. The van der Waals surface area contributed by atoms with E-state index >= 15 is 0 Å². The average Bonchev–Trinajstić information content (AvgIpc) is 2.87. The molecular weight excluding hydrogens is 324 g/mol. The molecule has 0 radical (unpaired) electrons. The summed E-state index contributed by atoms with van der Waals surface area (Å²) < 4.78 is 6.56. The normalized spacial score (nSPS) is 11.7. The van der Waals surface area contributed by atoms with Crippen molar-refractivity contribution in [3.63, 3.8) is 0 Å². The van der Waals surface area contributed by atoms with Crippen LogP contribution in [0.25, 0.3) is 0 Å². The van der Waals surface area contributed by atoms with Crippen LogP contribution in [0.4, 0.5) is 9.59 Å². The van der Waals surface area contributed by atoms with E-state index in [9.17, 15) is 9.59 Å². The largest absolute Gasteiger partial charge is 0.444 e. The van der Waals surface area contributed by atoms with E-state index in [1.54, 1.807) is 14.1 Å². The first-order valence-corrected chi connectivity index (χ1v) is 8.18. The molecule has 0 aliphatic carbocycles. The Kier molecular flexibility index (Phi) is 7.61. The van der Waals surface area contributed by atoms with Crippen molar-refractivity contribution < 1.29 is 14.3 Å². The van der Waals surface area contributed by atoms with Crippen molar-refractivity contribution >= 4 is 35.2 Å². The minimum atomic E-state index is -0.695. The van der Waals surface area contributed by atoms with Crippen molar-refractivity contribution in [1.29, 1.82) is 0 Å². The number of hydrogen-bond acceptors (Lipinski definition) is 6. The lowest BCUT2D eigenvalue weighted by Gasteiger charge is -2.04. The van der Waals surface area contributed by atoms with Gasteiger partial charge in [-0.2, -0.15) is 4.99 Å². The molecule has 0 aliphatic rings. The maximum absolute atomic E-state index is 11.9. The zero-order valence-electron chi connectivity index (χ0n) is 12.7. The van der Waals surface area contributed by atoms with Gasteiger partial charge >= 0.3 is 12.1 Å². The zero-order valence-corrected chi connectivity index (χ0v) is 14.3. The molecule has 0 aromatic carbocycles. The molecule has 1 aromatic heterocycles. The lowest BCUT2D eigenvalue weighted by molar-refractivity contribution is 0.155. The van der Waals surface area contributed by atoms with E-state index in [0.717, 1.165) is 16.0 Å². The molecule has 0 saturated heterocycles. The topological polar surface area (TPSA) is 76.8 Å². The van der Waals surface area contributed by atoms with Gasteiger partial charge in [-0.15, -0.1) is 9.78 Å². The van der Waals surface area contributed by atoms with Gasteiger partial charge in [-0.3, -0.25) is 0 Å². The Morgan fingerprint density at radius 3 is 2.86 bits per heavy atom. The summed E-state index contributed by atoms with van der Waals surface area (Å²) in [4.78, 5) is 29.0. The van der Waals surface area contributed by atoms with Gasteiger partial charge < -0.3 is 9.64 Å². The van der Waals surface area contributed by atoms with Crippen LogP contribution in [0, 0.1) is 0 Å². The molecule has 1 heterocycles. The van der Waals surface area contributed by atoms with Gasteiger partial charge in [0.25, 0.3) is 0 Å². The Balaban J connectivity index is 3.11. The van der Waals surface area contributed by atoms with Crippen LogP contribution in [-0.4, -0.2) is 53.3 Å². The van der Waals surface area contributed by atoms with Crippen molar-refractivity contribution in [2.75, 3.05) is 26.5 Å². The number of rotatable bonds is 5. The summed E-state index contributed by atoms with van der Waals surface area (Å²) in [5.74, 6) is 0.715. The van der Waals surface area contributed by atoms with Crippen LogP contribution < -0.4 is 4.80 Å². The number of amides is 2. The van der Waals surface area contributed by atoms with Crippen molar-refractivity contribution in [2.45, 2.75) is 11.3 Å². The highest BCUT2D eigenvalue weighted by Crippen LogP contribution is 2.17. The second-order valence-electron chi connectivity index (χ2n) is 4.10. The van der Waals surface area contributed by atoms with Gasteiger partial charge in [-0.1, -0.05) is 47.9 Å². The number of ether oxygens (including phenoxy) is 1. The molecule has 0 aliphatic heterocycles. The first kappa shape index (κ1) is 18.2. The quantitative estimate of drug-likeness (QED) is 0.606. The van der Waals surface area contributed by atoms with Crippen LogP contribution in [0.1, 0.15) is 6.92 Å². The summed E-state index contributed by atoms with van der Waals surface area (Å²) in [5.41, 5.74) is 0. The van der Waals surface area contributed by atoms with E-state index in [1.165, 1.54) is 22.7 Å². The number of carbonyl (C=O) groups excluding carboxylic acids is 2. The van der Waals surface area contributed by atoms with Gasteiger partial charge in [-0.05, 0) is 6.92 Å². The predicted octanol–water partition coefficient (Wildman–Crippen LogP) is 2.37. The van der Waals surface area contributed by atoms with E-state index < -0.39 is 12.1 Å². The van der Waals surface area contributed by atoms with Crippen LogP contribution in [0.15, 0.2) is 34.1 Å². The molecule has 0 bridgehead atoms. The number of aromatic nitrogens is 2. The van der Waals surface area contributed by atoms with E-state index in [4.69, 9.17) is 4.74 Å². The summed E-state index contributed by atoms with van der Waals surface area (Å²) >= 11 is 2.60. The van der Waals surface area contributed by atoms with Crippen molar-refractivity contribution in [1.82, 2.24) is 14.7 Å². The van der Waals surface area contributed by atoms with Gasteiger partial charge in [0.1, 0.15) is 6.61 Å². The van der Waals surface area contributed by atoms with Gasteiger partial charge in [0.15, 0.2) is 4.34 Å². The number of allylic oxidation sites excluding steroid dienone is 1. The fraction of sp³-hybridized carbons (Fsp3) is 0.385. The third-order valence-electron chi connectivity index (χ3n) is 2.15. The van der Waals surface area contributed by atoms with Gasteiger partial charge in [0, 0.05) is 19.8 Å². The molecule has 120 valence electrons. The molecule has 1 rings (SSSR count). The molecule has 0 fully saturated rings. The molecule has 0 N–H and O–H groups in total. The van der Waals surface area contributed by atoms with Gasteiger partial charge in [0.2, 0.25) is 4.80 Å². The van der Waals surface area contributed by atoms with Gasteiger partial charge in [0.05, 0.1) is 0 Å². The highest BCUT2D eigenvalue weighted by molar-refractivity contribution is 8.01. The standard InChI is InChI=1S/C13H18N4O3S2/c1-5-7-9-21-12-15-17(13(19)20-8-6-2)11(22-12)14-10(18)16(3)4/h5-7H,2,8-9H2,1,3-4H3. The Hall–Kier alpha value is -1.87. The second kappa shape index (κ2) is 9.21. The van der Waals surface area contributed by atoms with E-state index in [1.807, 2.05) is 19.1 Å². The number of hydrogen-bond donors (Lipinski definition) is 0. The lowest BCUT2D eigenvalue weighted by Crippen LogP contribution is -2.29. The van der Waals surface area contributed by atoms with E-state index in [0.29, 0.717) is 10.1 Å². The van der Waals surface area contributed by atoms with Crippen LogP contribution in [0.3, 0.4) is 0 Å². The SMILES string of the molecule is C=CCOC(=O)n1nc(SCC=CC)sc1=NC(=O)N(C)C. The Morgan fingerprint density at radius 1 is 1.55 bits per heavy atom. The highest BCUT2D eigenvalue weighted by atomic mass is 32.2. The molecule has 0 atom stereocenters. The third-order valence-corrected chi connectivity index (χ3v) is 4.15. The molecule has 1 aromatic rings. The number of urea groups is 1. The monoisotopic (exact) mass is 342 g/mol. The Bertz CT molecular complexity index is 631. The summed E-state index contributed by atoms with van der Waals surface area (Å²) in [6.45, 7) is 5.46. The molecule has 9 heteroatoms. The Labute approximate surface area is 137 Å². The van der Waals surface area contributed by atoms with Crippen LogP contribution >= 0.6 is 23.1 Å². The third kappa shape index (κ3) is 5.49. The number of carbonyl (C=O) groups is 2. The Morgan fingerprint density at radius 2 is 2.27 bits per heavy atom. The summed E-state index contributed by atoms with van der Waals surface area (Å²) in [6.07, 6.45) is 4.65. The minimum Gasteiger partial charge on any atom is -0.444 e. The summed E-state index contributed by atoms with van der Waals surface area (Å²) in [7, 11) is 3.16. The molecule has 0 unspecified atom stereocenters. The molecule has 0 saturated carbocycles. The molecule has 22 heavy (non-hydrogen) atoms. The molecule has 0 spiro atoms. The molecule has 2 amide bonds. The van der Waals surface area contributed by atoms with Crippen LogP contribution in [-0.2, 0) is 4.74 Å². The molecular formula is C13H18N4O3S2. The number of nitrogens with zero attached hydrogens (tertiary/aromatic N) is 4.